The number of azo groups is 2. The van der Waals surface area contributed by atoms with Gasteiger partial charge in [0.25, 0.3) is 27.8 Å². The highest BCUT2D eigenvalue weighted by atomic mass is 32.2. The number of hydrogen-bond donors (Lipinski definition) is 5. The van der Waals surface area contributed by atoms with Crippen LogP contribution in [0.25, 0.3) is 0 Å². The Morgan fingerprint density at radius 2 is 1.43 bits per heavy atom. The fraction of sp³-hybridized carbons (Fsp3) is 0.120. The maximum atomic E-state index is 12.9. The first-order chi connectivity index (χ1) is 20.0. The van der Waals surface area contributed by atoms with E-state index in [4.69, 9.17) is 9.29 Å². The number of amides is 5. The number of carbonyl (C=O) groups is 4. The summed E-state index contributed by atoms with van der Waals surface area (Å²) < 4.78 is 36.9. The molecule has 3 aromatic carbocycles. The third kappa shape index (κ3) is 7.62. The zero-order chi connectivity index (χ0) is 30.3. The van der Waals surface area contributed by atoms with Gasteiger partial charge in [-0.25, -0.2) is 4.79 Å². The Kier molecular flexibility index (Phi) is 9.05. The molecule has 16 nitrogen and oxygen atoms in total. The second kappa shape index (κ2) is 12.9. The molecule has 1 aliphatic rings. The first-order valence-electron chi connectivity index (χ1n) is 11.9. The summed E-state index contributed by atoms with van der Waals surface area (Å²) in [6, 6.07) is 12.8. The van der Waals surface area contributed by atoms with Crippen LogP contribution in [0.4, 0.5) is 27.5 Å². The number of rotatable bonds is 10. The van der Waals surface area contributed by atoms with E-state index in [0.29, 0.717) is 11.4 Å². The van der Waals surface area contributed by atoms with E-state index in [9.17, 15) is 32.7 Å². The van der Waals surface area contributed by atoms with Crippen LogP contribution >= 0.6 is 0 Å². The van der Waals surface area contributed by atoms with Crippen LogP contribution in [0.1, 0.15) is 10.4 Å². The third-order valence-corrected chi connectivity index (χ3v) is 6.23. The van der Waals surface area contributed by atoms with Crippen molar-refractivity contribution in [1.82, 2.24) is 10.6 Å². The van der Waals surface area contributed by atoms with Crippen molar-refractivity contribution in [1.29, 1.82) is 0 Å². The standard InChI is InChI=1S/C25H21N7O9S/c33-11-12-41-20-13-17(31-29-16-5-8-18(9-6-16)42(38,39)40)7-10-19(20)26-22(34)14-1-3-15(4-2-14)30-32-21-23(35)27-25(37)28-24(21)36/h1-10,13,21,33H,11-12H2,(H,26,34)(H,38,39,40)(H2,27,28,35,36,37)/b31-29+,32-30+. The van der Waals surface area contributed by atoms with Crippen LogP contribution in [0, 0.1) is 0 Å². The fourth-order valence-electron chi connectivity index (χ4n) is 3.37. The van der Waals surface area contributed by atoms with E-state index in [1.807, 2.05) is 10.6 Å². The minimum absolute atomic E-state index is 0.0779. The number of benzene rings is 3. The van der Waals surface area contributed by atoms with Crippen LogP contribution in [-0.2, 0) is 19.7 Å². The molecule has 5 N–H and O–H groups in total. The summed E-state index contributed by atoms with van der Waals surface area (Å²) in [5.74, 6) is -2.16. The number of urea groups is 1. The smallest absolute Gasteiger partial charge is 0.328 e. The van der Waals surface area contributed by atoms with Crippen LogP contribution in [-0.4, -0.2) is 61.1 Å². The molecule has 0 spiro atoms. The van der Waals surface area contributed by atoms with E-state index in [-0.39, 0.29) is 40.8 Å². The van der Waals surface area contributed by atoms with Crippen molar-refractivity contribution in [3.63, 3.8) is 0 Å². The van der Waals surface area contributed by atoms with E-state index in [1.54, 1.807) is 0 Å². The second-order valence-corrected chi connectivity index (χ2v) is 9.77. The van der Waals surface area contributed by atoms with Crippen molar-refractivity contribution in [2.45, 2.75) is 10.9 Å². The van der Waals surface area contributed by atoms with E-state index in [1.165, 1.54) is 66.7 Å². The van der Waals surface area contributed by atoms with Crippen molar-refractivity contribution in [3.8, 4) is 5.75 Å². The number of carbonyl (C=O) groups excluding carboxylic acids is 4. The summed E-state index contributed by atoms with van der Waals surface area (Å²) in [7, 11) is -4.34. The molecule has 1 aliphatic heterocycles. The van der Waals surface area contributed by atoms with Crippen LogP contribution in [0.15, 0.2) is 92.1 Å². The van der Waals surface area contributed by atoms with Gasteiger partial charge in [-0.2, -0.15) is 28.9 Å². The largest absolute Gasteiger partial charge is 0.489 e. The van der Waals surface area contributed by atoms with E-state index in [2.05, 4.69) is 25.8 Å². The SMILES string of the molecule is O=C1NC(=O)C(/N=N/c2ccc(C(=O)Nc3ccc(/N=N/c4ccc(S(=O)(=O)O)cc4)cc3OCCO)cc2)C(=O)N1. The first kappa shape index (κ1) is 29.6. The normalized spacial score (nSPS) is 14.2. The highest BCUT2D eigenvalue weighted by molar-refractivity contribution is 7.85. The van der Waals surface area contributed by atoms with Crippen LogP contribution in [0.5, 0.6) is 5.75 Å². The van der Waals surface area contributed by atoms with Gasteiger partial charge in [-0.15, -0.1) is 0 Å². The van der Waals surface area contributed by atoms with Gasteiger partial charge in [0.05, 0.1) is 34.3 Å². The number of anilines is 1. The predicted octanol–water partition coefficient (Wildman–Crippen LogP) is 2.79. The third-order valence-electron chi connectivity index (χ3n) is 5.37. The Morgan fingerprint density at radius 3 is 2.05 bits per heavy atom. The lowest BCUT2D eigenvalue weighted by atomic mass is 10.2. The molecule has 17 heteroatoms. The molecule has 0 radical (unpaired) electrons. The number of barbiturate groups is 1. The lowest BCUT2D eigenvalue weighted by Crippen LogP contribution is -2.57. The van der Waals surface area contributed by atoms with Crippen LogP contribution < -0.4 is 20.7 Å². The Morgan fingerprint density at radius 1 is 0.857 bits per heavy atom. The van der Waals surface area contributed by atoms with Crippen LogP contribution in [0.3, 0.4) is 0 Å². The maximum Gasteiger partial charge on any atom is 0.328 e. The van der Waals surface area contributed by atoms with Gasteiger partial charge in [0.2, 0.25) is 6.04 Å². The molecule has 1 heterocycles. The lowest BCUT2D eigenvalue weighted by molar-refractivity contribution is -0.131. The molecule has 0 atom stereocenters. The van der Waals surface area contributed by atoms with E-state index >= 15 is 0 Å². The monoisotopic (exact) mass is 595 g/mol. The summed E-state index contributed by atoms with van der Waals surface area (Å²) in [5, 5.41) is 31.2. The number of aliphatic hydroxyl groups is 1. The number of nitrogens with one attached hydrogen (secondary N) is 3. The molecule has 0 aromatic heterocycles. The maximum absolute atomic E-state index is 12.9. The summed E-state index contributed by atoms with van der Waals surface area (Å²) in [6.07, 6.45) is 0. The Labute approximate surface area is 237 Å². The number of hydrogen-bond acceptors (Lipinski definition) is 12. The van der Waals surface area contributed by atoms with Gasteiger partial charge < -0.3 is 15.2 Å². The van der Waals surface area contributed by atoms with E-state index < -0.39 is 39.9 Å². The van der Waals surface area contributed by atoms with Crippen molar-refractivity contribution in [2.75, 3.05) is 18.5 Å². The fourth-order valence-corrected chi connectivity index (χ4v) is 3.85. The van der Waals surface area contributed by atoms with Gasteiger partial charge in [-0.05, 0) is 60.7 Å². The molecule has 4 rings (SSSR count). The number of ether oxygens (including phenoxy) is 1. The molecular weight excluding hydrogens is 574 g/mol. The molecule has 0 bridgehead atoms. The molecule has 42 heavy (non-hydrogen) atoms. The lowest BCUT2D eigenvalue weighted by Gasteiger charge is -2.16. The van der Waals surface area contributed by atoms with Gasteiger partial charge in [0.1, 0.15) is 12.4 Å². The molecule has 1 saturated heterocycles. The molecule has 216 valence electrons. The highest BCUT2D eigenvalue weighted by Crippen LogP contribution is 2.31. The van der Waals surface area contributed by atoms with Gasteiger partial charge in [0, 0.05) is 11.6 Å². The zero-order valence-electron chi connectivity index (χ0n) is 21.3. The topological polar surface area (TPSA) is 238 Å². The molecule has 5 amide bonds. The van der Waals surface area contributed by atoms with Gasteiger partial charge in [-0.3, -0.25) is 29.6 Å². The molecule has 1 fully saturated rings. The zero-order valence-corrected chi connectivity index (χ0v) is 22.1. The average Bonchev–Trinajstić information content (AvgIpc) is 2.95. The summed E-state index contributed by atoms with van der Waals surface area (Å²) in [4.78, 5) is 47.2. The molecular formula is C25H21N7O9S. The first-order valence-corrected chi connectivity index (χ1v) is 13.3. The molecule has 0 aliphatic carbocycles. The van der Waals surface area contributed by atoms with Crippen molar-refractivity contribution in [3.05, 3.63) is 72.3 Å². The molecule has 3 aromatic rings. The Balaban J connectivity index is 1.44. The number of nitrogens with zero attached hydrogens (tertiary/aromatic N) is 4. The van der Waals surface area contributed by atoms with Gasteiger partial charge >= 0.3 is 6.03 Å². The highest BCUT2D eigenvalue weighted by Gasteiger charge is 2.34. The van der Waals surface area contributed by atoms with Gasteiger partial charge in [-0.1, -0.05) is 0 Å². The summed E-state index contributed by atoms with van der Waals surface area (Å²) >= 11 is 0. The van der Waals surface area contributed by atoms with Crippen LogP contribution in [0.2, 0.25) is 0 Å². The summed E-state index contributed by atoms with van der Waals surface area (Å²) in [6.45, 7) is -0.374. The second-order valence-electron chi connectivity index (χ2n) is 8.35. The quantitative estimate of drug-likeness (QED) is 0.131. The summed E-state index contributed by atoms with van der Waals surface area (Å²) in [5.41, 5.74) is 1.34. The number of aliphatic hydroxyl groups excluding tert-OH is 1. The predicted molar refractivity (Wildman–Crippen MR) is 144 cm³/mol. The minimum Gasteiger partial charge on any atom is -0.489 e. The van der Waals surface area contributed by atoms with Crippen molar-refractivity contribution >= 4 is 56.6 Å². The van der Waals surface area contributed by atoms with E-state index in [0.717, 1.165) is 0 Å². The molecule has 0 saturated carbocycles. The minimum atomic E-state index is -4.34. The Hall–Kier alpha value is -5.39. The Bertz CT molecular complexity index is 1670. The number of imide groups is 2. The van der Waals surface area contributed by atoms with Gasteiger partial charge in [0.15, 0.2) is 0 Å². The molecule has 0 unspecified atom stereocenters. The average molecular weight is 596 g/mol. The van der Waals surface area contributed by atoms with Crippen molar-refractivity contribution < 1.29 is 42.0 Å². The van der Waals surface area contributed by atoms with Crippen molar-refractivity contribution in [2.24, 2.45) is 20.5 Å².